The second-order valence-electron chi connectivity index (χ2n) is 4.89. The van der Waals surface area contributed by atoms with Crippen molar-refractivity contribution in [3.63, 3.8) is 0 Å². The molecule has 0 aliphatic heterocycles. The van der Waals surface area contributed by atoms with Crippen LogP contribution in [-0.2, 0) is 6.54 Å². The zero-order valence-corrected chi connectivity index (χ0v) is 12.4. The lowest BCUT2D eigenvalue weighted by Gasteiger charge is -2.06. The summed E-state index contributed by atoms with van der Waals surface area (Å²) >= 11 is 1.57. The zero-order valence-electron chi connectivity index (χ0n) is 11.6. The van der Waals surface area contributed by atoms with E-state index in [1.807, 2.05) is 46.4 Å². The van der Waals surface area contributed by atoms with Gasteiger partial charge in [-0.2, -0.15) is 0 Å². The molecule has 0 saturated heterocycles. The van der Waals surface area contributed by atoms with Crippen molar-refractivity contribution in [3.05, 3.63) is 65.6 Å². The summed E-state index contributed by atoms with van der Waals surface area (Å²) in [6, 6.07) is 9.41. The van der Waals surface area contributed by atoms with E-state index in [0.717, 1.165) is 16.0 Å². The molecule has 0 spiro atoms. The van der Waals surface area contributed by atoms with E-state index >= 15 is 0 Å². The zero-order chi connectivity index (χ0) is 14.9. The molecule has 1 amide bonds. The minimum atomic E-state index is -0.138. The van der Waals surface area contributed by atoms with Gasteiger partial charge in [0.05, 0.1) is 23.3 Å². The van der Waals surface area contributed by atoms with Crippen LogP contribution in [0.1, 0.15) is 16.1 Å². The molecule has 5 nitrogen and oxygen atoms in total. The molecule has 3 aromatic heterocycles. The molecule has 108 valence electrons. The van der Waals surface area contributed by atoms with E-state index in [-0.39, 0.29) is 5.91 Å². The van der Waals surface area contributed by atoms with Gasteiger partial charge in [-0.1, -0.05) is 18.2 Å². The summed E-state index contributed by atoms with van der Waals surface area (Å²) in [7, 11) is 0. The lowest BCUT2D eigenvalue weighted by Crippen LogP contribution is -2.23. The van der Waals surface area contributed by atoms with Gasteiger partial charge < -0.3 is 5.32 Å². The quantitative estimate of drug-likeness (QED) is 0.633. The van der Waals surface area contributed by atoms with Crippen molar-refractivity contribution in [2.24, 2.45) is 0 Å². The number of nitrogens with one attached hydrogen (secondary N) is 1. The first kappa shape index (κ1) is 13.0. The molecule has 1 N–H and O–H groups in total. The molecule has 4 aromatic rings. The number of amides is 1. The van der Waals surface area contributed by atoms with Gasteiger partial charge in [-0.05, 0) is 12.1 Å². The average Bonchev–Trinajstić information content (AvgIpc) is 3.13. The van der Waals surface area contributed by atoms with Crippen molar-refractivity contribution in [3.8, 4) is 0 Å². The Kier molecular flexibility index (Phi) is 3.08. The summed E-state index contributed by atoms with van der Waals surface area (Å²) < 4.78 is 1.95. The number of pyridine rings is 1. The van der Waals surface area contributed by atoms with Gasteiger partial charge >= 0.3 is 0 Å². The minimum absolute atomic E-state index is 0.138. The van der Waals surface area contributed by atoms with Gasteiger partial charge in [0.25, 0.3) is 5.91 Å². The standard InChI is InChI=1S/C16H12N4OS/c21-15(13-5-1-3-11-4-2-6-17-14(11)13)18-9-12-10-20-7-8-22-16(20)19-12/h1-8,10H,9H2,(H,18,21). The molecule has 4 rings (SSSR count). The van der Waals surface area contributed by atoms with Crippen molar-refractivity contribution in [2.75, 3.05) is 0 Å². The number of aromatic nitrogens is 3. The highest BCUT2D eigenvalue weighted by Gasteiger charge is 2.11. The fourth-order valence-corrected chi connectivity index (χ4v) is 3.13. The molecule has 3 heterocycles. The second kappa shape index (κ2) is 5.23. The third kappa shape index (κ3) is 2.23. The summed E-state index contributed by atoms with van der Waals surface area (Å²) in [5.41, 5.74) is 2.14. The summed E-state index contributed by atoms with van der Waals surface area (Å²) in [5, 5.41) is 5.84. The van der Waals surface area contributed by atoms with Gasteiger partial charge in [-0.3, -0.25) is 14.2 Å². The number of benzene rings is 1. The number of para-hydroxylation sites is 1. The van der Waals surface area contributed by atoms with E-state index in [4.69, 9.17) is 0 Å². The predicted octanol–water partition coefficient (Wildman–Crippen LogP) is 2.87. The lowest BCUT2D eigenvalue weighted by molar-refractivity contribution is 0.0952. The third-order valence-corrected chi connectivity index (χ3v) is 4.22. The summed E-state index contributed by atoms with van der Waals surface area (Å²) in [5.74, 6) is -0.138. The minimum Gasteiger partial charge on any atom is -0.346 e. The summed E-state index contributed by atoms with van der Waals surface area (Å²) in [6.07, 6.45) is 5.57. The van der Waals surface area contributed by atoms with E-state index in [0.29, 0.717) is 17.6 Å². The number of nitrogens with zero attached hydrogens (tertiary/aromatic N) is 3. The largest absolute Gasteiger partial charge is 0.346 e. The van der Waals surface area contributed by atoms with Crippen molar-refractivity contribution in [2.45, 2.75) is 6.54 Å². The molecule has 0 aliphatic carbocycles. The van der Waals surface area contributed by atoms with Gasteiger partial charge in [0.15, 0.2) is 4.96 Å². The number of fused-ring (bicyclic) bond motifs is 2. The van der Waals surface area contributed by atoms with Crippen LogP contribution < -0.4 is 5.32 Å². The average molecular weight is 308 g/mol. The van der Waals surface area contributed by atoms with Crippen LogP contribution in [0.2, 0.25) is 0 Å². The van der Waals surface area contributed by atoms with E-state index in [1.54, 1.807) is 23.6 Å². The first-order chi connectivity index (χ1) is 10.8. The van der Waals surface area contributed by atoms with Crippen molar-refractivity contribution in [1.82, 2.24) is 19.7 Å². The third-order valence-electron chi connectivity index (χ3n) is 3.45. The monoisotopic (exact) mass is 308 g/mol. The van der Waals surface area contributed by atoms with Crippen LogP contribution in [0.5, 0.6) is 0 Å². The molecule has 0 fully saturated rings. The van der Waals surface area contributed by atoms with Crippen LogP contribution in [0.25, 0.3) is 15.9 Å². The molecule has 0 unspecified atom stereocenters. The van der Waals surface area contributed by atoms with Gasteiger partial charge in [0, 0.05) is 29.4 Å². The number of carbonyl (C=O) groups excluding carboxylic acids is 1. The SMILES string of the molecule is O=C(NCc1cn2ccsc2n1)c1cccc2cccnc12. The number of hydrogen-bond acceptors (Lipinski definition) is 4. The maximum absolute atomic E-state index is 12.4. The number of rotatable bonds is 3. The van der Waals surface area contributed by atoms with E-state index in [1.165, 1.54) is 0 Å². The molecule has 0 atom stereocenters. The van der Waals surface area contributed by atoms with Gasteiger partial charge in [-0.15, -0.1) is 11.3 Å². The lowest BCUT2D eigenvalue weighted by atomic mass is 10.1. The summed E-state index contributed by atoms with van der Waals surface area (Å²) in [4.78, 5) is 22.1. The first-order valence-electron chi connectivity index (χ1n) is 6.84. The Labute approximate surface area is 130 Å². The molecule has 0 aliphatic rings. The smallest absolute Gasteiger partial charge is 0.253 e. The first-order valence-corrected chi connectivity index (χ1v) is 7.72. The highest BCUT2D eigenvalue weighted by Crippen LogP contribution is 2.16. The van der Waals surface area contributed by atoms with Gasteiger partial charge in [0.1, 0.15) is 0 Å². The Bertz CT molecular complexity index is 939. The van der Waals surface area contributed by atoms with Crippen molar-refractivity contribution in [1.29, 1.82) is 0 Å². The Morgan fingerprint density at radius 2 is 2.18 bits per heavy atom. The van der Waals surface area contributed by atoms with Crippen LogP contribution in [0.4, 0.5) is 0 Å². The molecule has 22 heavy (non-hydrogen) atoms. The molecular weight excluding hydrogens is 296 g/mol. The fraction of sp³-hybridized carbons (Fsp3) is 0.0625. The predicted molar refractivity (Wildman–Crippen MR) is 86.0 cm³/mol. The Hall–Kier alpha value is -2.73. The highest BCUT2D eigenvalue weighted by molar-refractivity contribution is 7.15. The number of hydrogen-bond donors (Lipinski definition) is 1. The van der Waals surface area contributed by atoms with E-state index in [9.17, 15) is 4.79 Å². The maximum atomic E-state index is 12.4. The van der Waals surface area contributed by atoms with Crippen molar-refractivity contribution < 1.29 is 4.79 Å². The second-order valence-corrected chi connectivity index (χ2v) is 5.76. The Morgan fingerprint density at radius 1 is 1.27 bits per heavy atom. The van der Waals surface area contributed by atoms with Gasteiger partial charge in [0.2, 0.25) is 0 Å². The van der Waals surface area contributed by atoms with Crippen LogP contribution in [0, 0.1) is 0 Å². The molecule has 6 heteroatoms. The number of imidazole rings is 1. The number of carbonyl (C=O) groups is 1. The van der Waals surface area contributed by atoms with Crippen LogP contribution in [0.3, 0.4) is 0 Å². The normalized spacial score (nSPS) is 11.1. The van der Waals surface area contributed by atoms with Crippen LogP contribution >= 0.6 is 11.3 Å². The van der Waals surface area contributed by atoms with Crippen LogP contribution in [-0.4, -0.2) is 20.3 Å². The molecule has 0 saturated carbocycles. The highest BCUT2D eigenvalue weighted by atomic mass is 32.1. The van der Waals surface area contributed by atoms with E-state index in [2.05, 4.69) is 15.3 Å². The van der Waals surface area contributed by atoms with Gasteiger partial charge in [-0.25, -0.2) is 4.98 Å². The van der Waals surface area contributed by atoms with Crippen LogP contribution in [0.15, 0.2) is 54.3 Å². The Balaban J connectivity index is 1.57. The van der Waals surface area contributed by atoms with E-state index < -0.39 is 0 Å². The molecular formula is C16H12N4OS. The van der Waals surface area contributed by atoms with Crippen molar-refractivity contribution >= 4 is 33.1 Å². The Morgan fingerprint density at radius 3 is 3.09 bits per heavy atom. The topological polar surface area (TPSA) is 59.3 Å². The molecule has 1 aromatic carbocycles. The molecule has 0 radical (unpaired) electrons. The summed E-state index contributed by atoms with van der Waals surface area (Å²) in [6.45, 7) is 0.399. The fourth-order valence-electron chi connectivity index (χ4n) is 2.41. The maximum Gasteiger partial charge on any atom is 0.253 e. The number of thiazole rings is 1. The molecule has 0 bridgehead atoms.